The van der Waals surface area contributed by atoms with Crippen LogP contribution in [0.1, 0.15) is 24.3 Å². The summed E-state index contributed by atoms with van der Waals surface area (Å²) in [5.74, 6) is 0.675. The maximum absolute atomic E-state index is 6.02. The van der Waals surface area contributed by atoms with E-state index in [-0.39, 0.29) is 0 Å². The predicted octanol–water partition coefficient (Wildman–Crippen LogP) is 2.90. The highest BCUT2D eigenvalue weighted by Crippen LogP contribution is 2.39. The molecule has 2 N–H and O–H groups in total. The molecule has 1 aliphatic heterocycles. The number of piperidine rings is 1. The minimum Gasteiger partial charge on any atom is -0.397 e. The first-order valence-electron chi connectivity index (χ1n) is 4.89. The van der Waals surface area contributed by atoms with E-state index in [2.05, 4.69) is 33.3 Å². The average Bonchev–Trinajstić information content (AvgIpc) is 2.50. The van der Waals surface area contributed by atoms with Crippen LogP contribution < -0.4 is 5.73 Å². The van der Waals surface area contributed by atoms with E-state index in [0.717, 1.165) is 9.47 Å². The molecule has 0 aromatic carbocycles. The van der Waals surface area contributed by atoms with Crippen LogP contribution in [0.3, 0.4) is 0 Å². The van der Waals surface area contributed by atoms with Crippen LogP contribution in [-0.4, -0.2) is 25.0 Å². The minimum absolute atomic E-state index is 0.675. The predicted molar refractivity (Wildman–Crippen MR) is 65.9 cm³/mol. The van der Waals surface area contributed by atoms with Gasteiger partial charge in [-0.25, -0.2) is 0 Å². The molecule has 14 heavy (non-hydrogen) atoms. The Morgan fingerprint density at radius 1 is 1.50 bits per heavy atom. The first-order valence-corrected chi connectivity index (χ1v) is 6.56. The Kier molecular flexibility index (Phi) is 3.14. The summed E-state index contributed by atoms with van der Waals surface area (Å²) in [6.07, 6.45) is 2.48. The molecule has 0 spiro atoms. The molecule has 0 unspecified atom stereocenters. The number of halogens is 1. The molecule has 0 radical (unpaired) electrons. The lowest BCUT2D eigenvalue weighted by molar-refractivity contribution is 0.256. The van der Waals surface area contributed by atoms with Crippen LogP contribution in [0, 0.1) is 0 Å². The molecule has 0 aliphatic carbocycles. The van der Waals surface area contributed by atoms with Crippen molar-refractivity contribution >= 4 is 33.0 Å². The molecule has 1 aromatic heterocycles. The van der Waals surface area contributed by atoms with Gasteiger partial charge in [0.25, 0.3) is 0 Å². The van der Waals surface area contributed by atoms with Gasteiger partial charge in [-0.15, -0.1) is 11.3 Å². The lowest BCUT2D eigenvalue weighted by atomic mass is 9.91. The monoisotopic (exact) mass is 274 g/mol. The third-order valence-electron chi connectivity index (χ3n) is 2.97. The molecule has 2 nitrogen and oxygen atoms in total. The van der Waals surface area contributed by atoms with Crippen LogP contribution in [0.25, 0.3) is 0 Å². The van der Waals surface area contributed by atoms with Crippen LogP contribution in [-0.2, 0) is 0 Å². The molecule has 0 amide bonds. The number of thiophene rings is 1. The minimum atomic E-state index is 0.675. The smallest absolute Gasteiger partial charge is 0.0930 e. The molecule has 0 atom stereocenters. The van der Waals surface area contributed by atoms with Crippen molar-refractivity contribution in [1.29, 1.82) is 0 Å². The number of hydrogen-bond donors (Lipinski definition) is 1. The van der Waals surface area contributed by atoms with Crippen LogP contribution >= 0.6 is 27.3 Å². The first-order chi connectivity index (χ1) is 6.68. The molecule has 1 fully saturated rings. The fraction of sp³-hybridized carbons (Fsp3) is 0.600. The normalized spacial score (nSPS) is 20.1. The zero-order valence-corrected chi connectivity index (χ0v) is 10.7. The van der Waals surface area contributed by atoms with Crippen molar-refractivity contribution < 1.29 is 0 Å². The van der Waals surface area contributed by atoms with E-state index in [1.165, 1.54) is 31.5 Å². The summed E-state index contributed by atoms with van der Waals surface area (Å²) in [5, 5.41) is 2.20. The number of likely N-dealkylation sites (tertiary alicyclic amines) is 1. The van der Waals surface area contributed by atoms with Gasteiger partial charge in [0.15, 0.2) is 0 Å². The van der Waals surface area contributed by atoms with Gasteiger partial charge in [0.2, 0.25) is 0 Å². The molecule has 2 heterocycles. The van der Waals surface area contributed by atoms with Gasteiger partial charge < -0.3 is 10.6 Å². The number of anilines is 1. The fourth-order valence-corrected chi connectivity index (χ4v) is 3.30. The highest BCUT2D eigenvalue weighted by molar-refractivity contribution is 9.11. The number of hydrogen-bond acceptors (Lipinski definition) is 3. The quantitative estimate of drug-likeness (QED) is 0.854. The van der Waals surface area contributed by atoms with Gasteiger partial charge in [-0.05, 0) is 65.8 Å². The Balaban J connectivity index is 2.12. The zero-order chi connectivity index (χ0) is 10.1. The molecular formula is C10H15BrN2S. The summed E-state index contributed by atoms with van der Waals surface area (Å²) >= 11 is 5.18. The van der Waals surface area contributed by atoms with Gasteiger partial charge in [0.1, 0.15) is 0 Å². The average molecular weight is 275 g/mol. The van der Waals surface area contributed by atoms with Crippen molar-refractivity contribution in [3.63, 3.8) is 0 Å². The second kappa shape index (κ2) is 4.21. The molecule has 4 heteroatoms. The summed E-state index contributed by atoms with van der Waals surface area (Å²) < 4.78 is 1.09. The topological polar surface area (TPSA) is 29.3 Å². The van der Waals surface area contributed by atoms with E-state index in [1.54, 1.807) is 11.3 Å². The van der Waals surface area contributed by atoms with Gasteiger partial charge in [0, 0.05) is 0 Å². The molecule has 2 rings (SSSR count). The molecule has 1 aliphatic rings. The van der Waals surface area contributed by atoms with E-state index >= 15 is 0 Å². The summed E-state index contributed by atoms with van der Waals surface area (Å²) in [6.45, 7) is 2.38. The third-order valence-corrected chi connectivity index (χ3v) is 4.76. The molecular weight excluding hydrogens is 260 g/mol. The SMILES string of the molecule is CN1CCC(c2csc(Br)c2N)CC1. The van der Waals surface area contributed by atoms with Gasteiger partial charge in [-0.2, -0.15) is 0 Å². The van der Waals surface area contributed by atoms with E-state index in [0.29, 0.717) is 5.92 Å². The second-order valence-electron chi connectivity index (χ2n) is 3.96. The van der Waals surface area contributed by atoms with E-state index in [4.69, 9.17) is 5.73 Å². The zero-order valence-electron chi connectivity index (χ0n) is 8.29. The van der Waals surface area contributed by atoms with E-state index < -0.39 is 0 Å². The Morgan fingerprint density at radius 3 is 2.64 bits per heavy atom. The highest BCUT2D eigenvalue weighted by atomic mass is 79.9. The number of nitrogen functional groups attached to an aromatic ring is 1. The van der Waals surface area contributed by atoms with Crippen molar-refractivity contribution in [3.8, 4) is 0 Å². The van der Waals surface area contributed by atoms with Crippen molar-refractivity contribution in [2.45, 2.75) is 18.8 Å². The molecule has 0 saturated carbocycles. The standard InChI is InChI=1S/C10H15BrN2S/c1-13-4-2-7(3-5-13)8-6-14-10(11)9(8)12/h6-7H,2-5,12H2,1H3. The Bertz CT molecular complexity index is 316. The van der Waals surface area contributed by atoms with Crippen molar-refractivity contribution in [3.05, 3.63) is 14.7 Å². The van der Waals surface area contributed by atoms with Crippen molar-refractivity contribution in [1.82, 2.24) is 4.90 Å². The molecule has 1 saturated heterocycles. The van der Waals surface area contributed by atoms with Gasteiger partial charge in [0.05, 0.1) is 9.47 Å². The van der Waals surface area contributed by atoms with Crippen molar-refractivity contribution in [2.24, 2.45) is 0 Å². The summed E-state index contributed by atoms with van der Waals surface area (Å²) in [5.41, 5.74) is 8.34. The largest absolute Gasteiger partial charge is 0.397 e. The number of nitrogens with two attached hydrogens (primary N) is 1. The van der Waals surface area contributed by atoms with Gasteiger partial charge >= 0.3 is 0 Å². The number of rotatable bonds is 1. The summed E-state index contributed by atoms with van der Waals surface area (Å²) in [4.78, 5) is 2.38. The van der Waals surface area contributed by atoms with Gasteiger partial charge in [-0.1, -0.05) is 0 Å². The Hall–Kier alpha value is -0.0600. The fourth-order valence-electron chi connectivity index (χ4n) is 1.99. The van der Waals surface area contributed by atoms with Crippen LogP contribution in [0.15, 0.2) is 9.17 Å². The lowest BCUT2D eigenvalue weighted by Crippen LogP contribution is -2.29. The summed E-state index contributed by atoms with van der Waals surface area (Å²) in [6, 6.07) is 0. The van der Waals surface area contributed by atoms with Crippen LogP contribution in [0.4, 0.5) is 5.69 Å². The molecule has 1 aromatic rings. The maximum Gasteiger partial charge on any atom is 0.0930 e. The van der Waals surface area contributed by atoms with Crippen LogP contribution in [0.2, 0.25) is 0 Å². The van der Waals surface area contributed by atoms with Crippen molar-refractivity contribution in [2.75, 3.05) is 25.9 Å². The van der Waals surface area contributed by atoms with Gasteiger partial charge in [-0.3, -0.25) is 0 Å². The highest BCUT2D eigenvalue weighted by Gasteiger charge is 2.21. The lowest BCUT2D eigenvalue weighted by Gasteiger charge is -2.28. The van der Waals surface area contributed by atoms with E-state index in [1.807, 2.05) is 0 Å². The number of nitrogens with zero attached hydrogens (tertiary/aromatic N) is 1. The van der Waals surface area contributed by atoms with E-state index in [9.17, 15) is 0 Å². The Labute approximate surface area is 97.2 Å². The van der Waals surface area contributed by atoms with Crippen LogP contribution in [0.5, 0.6) is 0 Å². The maximum atomic E-state index is 6.02. The second-order valence-corrected chi connectivity index (χ2v) is 6.15. The Morgan fingerprint density at radius 2 is 2.14 bits per heavy atom. The summed E-state index contributed by atoms with van der Waals surface area (Å²) in [7, 11) is 2.18. The third kappa shape index (κ3) is 1.97. The molecule has 0 bridgehead atoms. The molecule has 78 valence electrons. The first kappa shape index (κ1) is 10.5.